The van der Waals surface area contributed by atoms with Crippen LogP contribution in [-0.2, 0) is 17.8 Å². The lowest BCUT2D eigenvalue weighted by atomic mass is 10.0. The second-order valence-electron chi connectivity index (χ2n) is 9.87. The van der Waals surface area contributed by atoms with Crippen LogP contribution in [0.4, 0.5) is 5.69 Å². The number of aryl methyl sites for hydroxylation is 1. The number of carbonyl (C=O) groups is 3. The SMILES string of the molecule is CCCCCc1ccc(C(=O)Nc2ccc(-c3ccc4c(c3)C(=O)N(C(C(=O)O)C(C)C)C4)nc2)cc1. The van der Waals surface area contributed by atoms with Crippen LogP contribution >= 0.6 is 0 Å². The molecule has 0 saturated heterocycles. The van der Waals surface area contributed by atoms with E-state index in [0.29, 0.717) is 22.5 Å². The van der Waals surface area contributed by atoms with Crippen molar-refractivity contribution in [3.63, 3.8) is 0 Å². The fourth-order valence-electron chi connectivity index (χ4n) is 4.73. The zero-order valence-electron chi connectivity index (χ0n) is 21.5. The molecule has 1 unspecified atom stereocenters. The molecule has 37 heavy (non-hydrogen) atoms. The van der Waals surface area contributed by atoms with Gasteiger partial charge in [-0.05, 0) is 60.2 Å². The molecule has 7 heteroatoms. The fourth-order valence-corrected chi connectivity index (χ4v) is 4.73. The summed E-state index contributed by atoms with van der Waals surface area (Å²) in [6, 6.07) is 15.9. The third kappa shape index (κ3) is 5.88. The molecule has 0 spiro atoms. The minimum Gasteiger partial charge on any atom is -0.480 e. The van der Waals surface area contributed by atoms with Crippen LogP contribution in [0.25, 0.3) is 11.3 Å². The van der Waals surface area contributed by atoms with Crippen LogP contribution in [0.3, 0.4) is 0 Å². The number of unbranched alkanes of at least 4 members (excludes halogenated alkanes) is 2. The Labute approximate surface area is 217 Å². The van der Waals surface area contributed by atoms with Gasteiger partial charge in [-0.3, -0.25) is 14.6 Å². The number of amides is 2. The first kappa shape index (κ1) is 26.1. The van der Waals surface area contributed by atoms with Crippen molar-refractivity contribution in [1.82, 2.24) is 9.88 Å². The zero-order chi connectivity index (χ0) is 26.5. The van der Waals surface area contributed by atoms with Gasteiger partial charge in [0.2, 0.25) is 0 Å². The average molecular weight is 500 g/mol. The van der Waals surface area contributed by atoms with Gasteiger partial charge >= 0.3 is 5.97 Å². The Morgan fingerprint density at radius 1 is 1.05 bits per heavy atom. The van der Waals surface area contributed by atoms with Gasteiger partial charge in [0.25, 0.3) is 11.8 Å². The Hall–Kier alpha value is -4.00. The van der Waals surface area contributed by atoms with Crippen LogP contribution in [-0.4, -0.2) is 38.8 Å². The van der Waals surface area contributed by atoms with Crippen LogP contribution in [0.1, 0.15) is 71.9 Å². The number of hydrogen-bond donors (Lipinski definition) is 2. The van der Waals surface area contributed by atoms with E-state index in [1.807, 2.05) is 36.4 Å². The number of nitrogens with zero attached hydrogens (tertiary/aromatic N) is 2. The van der Waals surface area contributed by atoms with Crippen molar-refractivity contribution >= 4 is 23.5 Å². The van der Waals surface area contributed by atoms with Crippen molar-refractivity contribution in [3.8, 4) is 11.3 Å². The van der Waals surface area contributed by atoms with Crippen LogP contribution < -0.4 is 5.32 Å². The van der Waals surface area contributed by atoms with Gasteiger partial charge in [0.15, 0.2) is 0 Å². The van der Waals surface area contributed by atoms with Crippen molar-refractivity contribution in [3.05, 3.63) is 83.0 Å². The van der Waals surface area contributed by atoms with Crippen molar-refractivity contribution in [2.75, 3.05) is 5.32 Å². The Morgan fingerprint density at radius 2 is 1.81 bits per heavy atom. The van der Waals surface area contributed by atoms with Gasteiger partial charge in [0.05, 0.1) is 17.6 Å². The minimum atomic E-state index is -1.00. The predicted molar refractivity (Wildman–Crippen MR) is 143 cm³/mol. The molecule has 1 aliphatic heterocycles. The summed E-state index contributed by atoms with van der Waals surface area (Å²) in [6.07, 6.45) is 6.15. The zero-order valence-corrected chi connectivity index (χ0v) is 21.5. The topological polar surface area (TPSA) is 99.6 Å². The predicted octanol–water partition coefficient (Wildman–Crippen LogP) is 5.80. The molecule has 3 aromatic rings. The van der Waals surface area contributed by atoms with Crippen LogP contribution in [0.15, 0.2) is 60.8 Å². The number of anilines is 1. The highest BCUT2D eigenvalue weighted by Gasteiger charge is 2.38. The molecule has 192 valence electrons. The Kier molecular flexibility index (Phi) is 8.01. The van der Waals surface area contributed by atoms with E-state index in [1.54, 1.807) is 38.2 Å². The lowest BCUT2D eigenvalue weighted by molar-refractivity contribution is -0.144. The largest absolute Gasteiger partial charge is 0.480 e. The maximum atomic E-state index is 13.0. The Balaban J connectivity index is 1.43. The molecule has 2 N–H and O–H groups in total. The van der Waals surface area contributed by atoms with E-state index in [0.717, 1.165) is 24.0 Å². The molecule has 7 nitrogen and oxygen atoms in total. The second-order valence-corrected chi connectivity index (χ2v) is 9.87. The summed E-state index contributed by atoms with van der Waals surface area (Å²) in [5.41, 5.74) is 5.11. The highest BCUT2D eigenvalue weighted by atomic mass is 16.4. The van der Waals surface area contributed by atoms with E-state index in [1.165, 1.54) is 23.3 Å². The molecule has 0 radical (unpaired) electrons. The van der Waals surface area contributed by atoms with Gasteiger partial charge in [-0.2, -0.15) is 0 Å². The third-order valence-corrected chi connectivity index (χ3v) is 6.76. The first-order chi connectivity index (χ1) is 17.8. The molecular weight excluding hydrogens is 466 g/mol. The molecule has 0 aliphatic carbocycles. The van der Waals surface area contributed by atoms with E-state index >= 15 is 0 Å². The summed E-state index contributed by atoms with van der Waals surface area (Å²) in [5.74, 6) is -1.68. The molecule has 0 saturated carbocycles. The number of hydrogen-bond acceptors (Lipinski definition) is 4. The van der Waals surface area contributed by atoms with Crippen molar-refractivity contribution < 1.29 is 19.5 Å². The number of carboxylic acids is 1. The van der Waals surface area contributed by atoms with Crippen molar-refractivity contribution in [2.45, 2.75) is 59.0 Å². The minimum absolute atomic E-state index is 0.198. The van der Waals surface area contributed by atoms with E-state index in [-0.39, 0.29) is 24.3 Å². The van der Waals surface area contributed by atoms with E-state index < -0.39 is 12.0 Å². The van der Waals surface area contributed by atoms with Gasteiger partial charge < -0.3 is 15.3 Å². The standard InChI is InChI=1S/C30H33N3O4/c1-4-5-6-7-20-8-10-21(11-9-20)28(34)32-24-14-15-26(31-17-24)22-12-13-23-18-33(29(35)25(23)16-22)27(19(2)3)30(36)37/h8-17,19,27H,4-7,18H2,1-3H3,(H,32,34)(H,36,37). The number of aromatic nitrogens is 1. The smallest absolute Gasteiger partial charge is 0.326 e. The first-order valence-electron chi connectivity index (χ1n) is 12.8. The molecule has 0 fully saturated rings. The van der Waals surface area contributed by atoms with Crippen molar-refractivity contribution in [2.24, 2.45) is 5.92 Å². The number of carboxylic acid groups (broad SMARTS) is 1. The van der Waals surface area contributed by atoms with Crippen molar-refractivity contribution in [1.29, 1.82) is 0 Å². The summed E-state index contributed by atoms with van der Waals surface area (Å²) < 4.78 is 0. The molecular formula is C30H33N3O4. The third-order valence-electron chi connectivity index (χ3n) is 6.76. The Morgan fingerprint density at radius 3 is 2.43 bits per heavy atom. The number of pyridine rings is 1. The number of aliphatic carboxylic acids is 1. The van der Waals surface area contributed by atoms with E-state index in [4.69, 9.17) is 0 Å². The second kappa shape index (κ2) is 11.4. The molecule has 1 aliphatic rings. The first-order valence-corrected chi connectivity index (χ1v) is 12.8. The van der Waals surface area contributed by atoms with Crippen LogP contribution in [0.5, 0.6) is 0 Å². The van der Waals surface area contributed by atoms with Gasteiger partial charge in [0, 0.05) is 23.2 Å². The van der Waals surface area contributed by atoms with Crippen LogP contribution in [0, 0.1) is 5.92 Å². The maximum absolute atomic E-state index is 13.0. The van der Waals surface area contributed by atoms with Gasteiger partial charge in [-0.25, -0.2) is 4.79 Å². The number of rotatable bonds is 10. The van der Waals surface area contributed by atoms with Gasteiger partial charge in [-0.15, -0.1) is 0 Å². The number of nitrogens with one attached hydrogen (secondary N) is 1. The summed E-state index contributed by atoms with van der Waals surface area (Å²) in [4.78, 5) is 43.3. The molecule has 2 heterocycles. The molecule has 1 atom stereocenters. The summed E-state index contributed by atoms with van der Waals surface area (Å²) in [6.45, 7) is 6.06. The summed E-state index contributed by atoms with van der Waals surface area (Å²) in [5, 5.41) is 12.5. The quantitative estimate of drug-likeness (QED) is 0.344. The summed E-state index contributed by atoms with van der Waals surface area (Å²) >= 11 is 0. The molecule has 2 amide bonds. The molecule has 1 aromatic heterocycles. The highest BCUT2D eigenvalue weighted by molar-refractivity contribution is 6.04. The monoisotopic (exact) mass is 499 g/mol. The number of fused-ring (bicyclic) bond motifs is 1. The number of carbonyl (C=O) groups excluding carboxylic acids is 2. The van der Waals surface area contributed by atoms with Gasteiger partial charge in [-0.1, -0.05) is 57.9 Å². The summed E-state index contributed by atoms with van der Waals surface area (Å²) in [7, 11) is 0. The number of benzene rings is 2. The molecule has 0 bridgehead atoms. The van der Waals surface area contributed by atoms with Gasteiger partial charge in [0.1, 0.15) is 6.04 Å². The lowest BCUT2D eigenvalue weighted by Gasteiger charge is -2.27. The average Bonchev–Trinajstić information content (AvgIpc) is 3.19. The molecule has 4 rings (SSSR count). The Bertz CT molecular complexity index is 1280. The normalized spacial score (nSPS) is 13.5. The maximum Gasteiger partial charge on any atom is 0.326 e. The fraction of sp³-hybridized carbons (Fsp3) is 0.333. The van der Waals surface area contributed by atoms with E-state index in [2.05, 4.69) is 17.2 Å². The lowest BCUT2D eigenvalue weighted by Crippen LogP contribution is -2.44. The highest BCUT2D eigenvalue weighted by Crippen LogP contribution is 2.31. The van der Waals surface area contributed by atoms with E-state index in [9.17, 15) is 19.5 Å². The molecule has 2 aromatic carbocycles. The van der Waals surface area contributed by atoms with Crippen LogP contribution in [0.2, 0.25) is 0 Å².